The summed E-state index contributed by atoms with van der Waals surface area (Å²) in [5.74, 6) is 0.386. The number of carbonyl (C=O) groups is 1. The molecule has 0 bridgehead atoms. The molecule has 5 nitrogen and oxygen atoms in total. The van der Waals surface area contributed by atoms with Crippen LogP contribution in [0.5, 0.6) is 5.75 Å². The number of thiazole rings is 1. The minimum Gasteiger partial charge on any atom is -0.497 e. The molecule has 112 valence electrons. The Hall–Kier alpha value is -2.08. The highest BCUT2D eigenvalue weighted by Gasteiger charge is 2.13. The van der Waals surface area contributed by atoms with Gasteiger partial charge in [-0.2, -0.15) is 0 Å². The Morgan fingerprint density at radius 2 is 2.05 bits per heavy atom. The molecule has 0 saturated carbocycles. The number of hydrogen-bond donors (Lipinski definition) is 1. The third-order valence-corrected chi connectivity index (χ3v) is 3.85. The molecule has 1 heterocycles. The SMILES string of the molecule is COC(=O)C(C)CNc1nc(-c2ccc(OC)cc2)cs1. The lowest BCUT2D eigenvalue weighted by molar-refractivity contribution is -0.144. The van der Waals surface area contributed by atoms with Crippen molar-refractivity contribution in [1.29, 1.82) is 0 Å². The standard InChI is InChI=1S/C15H18N2O3S/c1-10(14(18)20-3)8-16-15-17-13(9-21-15)11-4-6-12(19-2)7-5-11/h4-7,9-10H,8H2,1-3H3,(H,16,17). The molecule has 1 unspecified atom stereocenters. The Bertz CT molecular complexity index is 595. The van der Waals surface area contributed by atoms with E-state index in [9.17, 15) is 4.79 Å². The predicted octanol–water partition coefficient (Wildman–Crippen LogP) is 3.04. The topological polar surface area (TPSA) is 60.5 Å². The third kappa shape index (κ3) is 3.95. The molecule has 1 aromatic heterocycles. The summed E-state index contributed by atoms with van der Waals surface area (Å²) in [5, 5.41) is 5.92. The number of ether oxygens (including phenoxy) is 2. The van der Waals surface area contributed by atoms with E-state index in [0.29, 0.717) is 6.54 Å². The number of aromatic nitrogens is 1. The van der Waals surface area contributed by atoms with Crippen LogP contribution >= 0.6 is 11.3 Å². The zero-order chi connectivity index (χ0) is 15.2. The Balaban J connectivity index is 1.99. The van der Waals surface area contributed by atoms with Crippen LogP contribution in [0.3, 0.4) is 0 Å². The first-order chi connectivity index (χ1) is 10.1. The van der Waals surface area contributed by atoms with E-state index in [1.807, 2.05) is 36.6 Å². The van der Waals surface area contributed by atoms with Gasteiger partial charge in [0.2, 0.25) is 0 Å². The summed E-state index contributed by atoms with van der Waals surface area (Å²) in [6.07, 6.45) is 0. The van der Waals surface area contributed by atoms with Gasteiger partial charge in [0.1, 0.15) is 5.75 Å². The largest absolute Gasteiger partial charge is 0.497 e. The summed E-state index contributed by atoms with van der Waals surface area (Å²) in [6.45, 7) is 2.32. The average molecular weight is 306 g/mol. The maximum Gasteiger partial charge on any atom is 0.310 e. The number of carbonyl (C=O) groups excluding carboxylic acids is 1. The fourth-order valence-electron chi connectivity index (χ4n) is 1.77. The first-order valence-corrected chi connectivity index (χ1v) is 7.43. The maximum atomic E-state index is 11.3. The molecule has 0 saturated heterocycles. The molecule has 0 aliphatic rings. The van der Waals surface area contributed by atoms with Gasteiger partial charge in [0, 0.05) is 17.5 Å². The van der Waals surface area contributed by atoms with Gasteiger partial charge in [-0.3, -0.25) is 4.79 Å². The summed E-state index contributed by atoms with van der Waals surface area (Å²) in [7, 11) is 3.03. The molecule has 2 rings (SSSR count). The molecule has 0 amide bonds. The van der Waals surface area contributed by atoms with E-state index in [1.165, 1.54) is 18.4 Å². The molecular weight excluding hydrogens is 288 g/mol. The molecule has 21 heavy (non-hydrogen) atoms. The third-order valence-electron chi connectivity index (χ3n) is 3.05. The van der Waals surface area contributed by atoms with Crippen LogP contribution in [0.15, 0.2) is 29.6 Å². The van der Waals surface area contributed by atoms with E-state index in [4.69, 9.17) is 4.74 Å². The zero-order valence-electron chi connectivity index (χ0n) is 12.3. The number of methoxy groups -OCH3 is 2. The van der Waals surface area contributed by atoms with Gasteiger partial charge in [0.15, 0.2) is 5.13 Å². The van der Waals surface area contributed by atoms with Crippen molar-refractivity contribution < 1.29 is 14.3 Å². The van der Waals surface area contributed by atoms with Crippen LogP contribution in [0.1, 0.15) is 6.92 Å². The molecule has 0 radical (unpaired) electrons. The highest BCUT2D eigenvalue weighted by Crippen LogP contribution is 2.26. The Morgan fingerprint density at radius 1 is 1.33 bits per heavy atom. The van der Waals surface area contributed by atoms with Gasteiger partial charge in [-0.05, 0) is 24.3 Å². The quantitative estimate of drug-likeness (QED) is 0.831. The lowest BCUT2D eigenvalue weighted by atomic mass is 10.2. The van der Waals surface area contributed by atoms with Crippen molar-refractivity contribution in [2.45, 2.75) is 6.92 Å². The van der Waals surface area contributed by atoms with E-state index in [2.05, 4.69) is 15.0 Å². The van der Waals surface area contributed by atoms with Gasteiger partial charge in [-0.25, -0.2) is 4.98 Å². The van der Waals surface area contributed by atoms with Crippen molar-refractivity contribution in [2.75, 3.05) is 26.1 Å². The number of esters is 1. The number of anilines is 1. The van der Waals surface area contributed by atoms with Crippen molar-refractivity contribution in [2.24, 2.45) is 5.92 Å². The molecule has 1 atom stereocenters. The minimum absolute atomic E-state index is 0.205. The van der Waals surface area contributed by atoms with Crippen LogP contribution in [0.2, 0.25) is 0 Å². The van der Waals surface area contributed by atoms with Crippen molar-refractivity contribution >= 4 is 22.4 Å². The summed E-state index contributed by atoms with van der Waals surface area (Å²) in [5.41, 5.74) is 1.93. The number of hydrogen-bond acceptors (Lipinski definition) is 6. The summed E-state index contributed by atoms with van der Waals surface area (Å²) >= 11 is 1.51. The second-order valence-electron chi connectivity index (χ2n) is 4.57. The predicted molar refractivity (Wildman–Crippen MR) is 83.8 cm³/mol. The fraction of sp³-hybridized carbons (Fsp3) is 0.333. The van der Waals surface area contributed by atoms with Gasteiger partial charge in [0.05, 0.1) is 25.8 Å². The van der Waals surface area contributed by atoms with Crippen molar-refractivity contribution in [3.05, 3.63) is 29.6 Å². The Kier molecular flexibility index (Phi) is 5.16. The highest BCUT2D eigenvalue weighted by molar-refractivity contribution is 7.14. The Labute approximate surface area is 127 Å². The number of rotatable bonds is 6. The smallest absolute Gasteiger partial charge is 0.310 e. The molecule has 0 aliphatic heterocycles. The average Bonchev–Trinajstić information content (AvgIpc) is 3.00. The second-order valence-corrected chi connectivity index (χ2v) is 5.43. The molecule has 6 heteroatoms. The highest BCUT2D eigenvalue weighted by atomic mass is 32.1. The van der Waals surface area contributed by atoms with Gasteiger partial charge in [-0.1, -0.05) is 6.92 Å². The van der Waals surface area contributed by atoms with Crippen molar-refractivity contribution in [3.63, 3.8) is 0 Å². The van der Waals surface area contributed by atoms with E-state index in [1.54, 1.807) is 7.11 Å². The number of benzene rings is 1. The molecular formula is C15H18N2O3S. The van der Waals surface area contributed by atoms with Crippen LogP contribution < -0.4 is 10.1 Å². The van der Waals surface area contributed by atoms with E-state index in [0.717, 1.165) is 22.1 Å². The Morgan fingerprint density at radius 3 is 2.67 bits per heavy atom. The molecule has 0 fully saturated rings. The van der Waals surface area contributed by atoms with E-state index in [-0.39, 0.29) is 11.9 Å². The van der Waals surface area contributed by atoms with Crippen LogP contribution in [-0.4, -0.2) is 31.7 Å². The normalized spacial score (nSPS) is 11.8. The van der Waals surface area contributed by atoms with Gasteiger partial charge >= 0.3 is 5.97 Å². The number of nitrogens with zero attached hydrogens (tertiary/aromatic N) is 1. The second kappa shape index (κ2) is 7.08. The minimum atomic E-state index is -0.227. The molecule has 2 aromatic rings. The van der Waals surface area contributed by atoms with Crippen LogP contribution in [-0.2, 0) is 9.53 Å². The van der Waals surface area contributed by atoms with Crippen LogP contribution in [0, 0.1) is 5.92 Å². The van der Waals surface area contributed by atoms with Crippen LogP contribution in [0.4, 0.5) is 5.13 Å². The summed E-state index contributed by atoms with van der Waals surface area (Å²) < 4.78 is 9.82. The van der Waals surface area contributed by atoms with Gasteiger partial charge in [-0.15, -0.1) is 11.3 Å². The first-order valence-electron chi connectivity index (χ1n) is 6.55. The summed E-state index contributed by atoms with van der Waals surface area (Å²) in [4.78, 5) is 15.8. The van der Waals surface area contributed by atoms with Crippen LogP contribution in [0.25, 0.3) is 11.3 Å². The monoisotopic (exact) mass is 306 g/mol. The number of nitrogens with one attached hydrogen (secondary N) is 1. The van der Waals surface area contributed by atoms with E-state index >= 15 is 0 Å². The van der Waals surface area contributed by atoms with Crippen molar-refractivity contribution in [1.82, 2.24) is 4.98 Å². The molecule has 1 aromatic carbocycles. The fourth-order valence-corrected chi connectivity index (χ4v) is 2.50. The first kappa shape index (κ1) is 15.3. The van der Waals surface area contributed by atoms with Gasteiger partial charge < -0.3 is 14.8 Å². The van der Waals surface area contributed by atoms with Gasteiger partial charge in [0.25, 0.3) is 0 Å². The molecule has 1 N–H and O–H groups in total. The van der Waals surface area contributed by atoms with E-state index < -0.39 is 0 Å². The van der Waals surface area contributed by atoms with Crippen molar-refractivity contribution in [3.8, 4) is 17.0 Å². The summed E-state index contributed by atoms with van der Waals surface area (Å²) in [6, 6.07) is 7.74. The zero-order valence-corrected chi connectivity index (χ0v) is 13.1. The molecule has 0 aliphatic carbocycles. The lowest BCUT2D eigenvalue weighted by Gasteiger charge is -2.09. The maximum absolute atomic E-state index is 11.3. The molecule has 0 spiro atoms. The lowest BCUT2D eigenvalue weighted by Crippen LogP contribution is -2.21.